The van der Waals surface area contributed by atoms with Crippen molar-refractivity contribution in [1.29, 1.82) is 0 Å². The van der Waals surface area contributed by atoms with Gasteiger partial charge in [-0.1, -0.05) is 0 Å². The molecular formula is C16H23N2O6P. The molecule has 0 atom stereocenters. The smallest absolute Gasteiger partial charge is 0.368 e. The minimum atomic E-state index is -3.85. The third-order valence-electron chi connectivity index (χ3n) is 3.80. The Hall–Kier alpha value is -2.02. The number of nitrogens with two attached hydrogens (primary N) is 1. The van der Waals surface area contributed by atoms with Crippen LogP contribution in [0.2, 0.25) is 0 Å². The van der Waals surface area contributed by atoms with Crippen LogP contribution in [0.25, 0.3) is 10.9 Å². The fraction of sp³-hybridized carbons (Fsp3) is 0.438. The summed E-state index contributed by atoms with van der Waals surface area (Å²) in [6.07, 6.45) is 0. The maximum atomic E-state index is 13.1. The van der Waals surface area contributed by atoms with Crippen molar-refractivity contribution in [3.63, 3.8) is 0 Å². The molecular weight excluding hydrogens is 347 g/mol. The van der Waals surface area contributed by atoms with Crippen LogP contribution < -0.4 is 25.9 Å². The highest BCUT2D eigenvalue weighted by Gasteiger charge is 2.34. The highest BCUT2D eigenvalue weighted by molar-refractivity contribution is 7.62. The van der Waals surface area contributed by atoms with E-state index in [1.54, 1.807) is 31.5 Å². The van der Waals surface area contributed by atoms with Crippen LogP contribution in [0.1, 0.15) is 13.8 Å². The fourth-order valence-corrected chi connectivity index (χ4v) is 4.44. The molecule has 1 aromatic heterocycles. The second kappa shape index (κ2) is 7.47. The van der Waals surface area contributed by atoms with Gasteiger partial charge in [0.25, 0.3) is 0 Å². The van der Waals surface area contributed by atoms with Crippen molar-refractivity contribution in [3.8, 4) is 11.5 Å². The molecule has 0 unspecified atom stereocenters. The second-order valence-corrected chi connectivity index (χ2v) is 7.14. The number of methoxy groups -OCH3 is 2. The summed E-state index contributed by atoms with van der Waals surface area (Å²) in [5, 5.41) is 0.113. The SMILES string of the molecule is CCOP(=O)(OCC)c1c(N)n(C)c2cc(OC)c(OC)cc2c1=O. The van der Waals surface area contributed by atoms with Gasteiger partial charge in [0.15, 0.2) is 16.8 Å². The molecule has 2 aromatic rings. The number of benzene rings is 1. The number of pyridine rings is 1. The lowest BCUT2D eigenvalue weighted by Gasteiger charge is -2.21. The summed E-state index contributed by atoms with van der Waals surface area (Å²) in [5.74, 6) is 0.857. The van der Waals surface area contributed by atoms with Crippen molar-refractivity contribution < 1.29 is 23.1 Å². The van der Waals surface area contributed by atoms with Crippen molar-refractivity contribution in [1.82, 2.24) is 4.57 Å². The molecule has 0 aliphatic rings. The maximum absolute atomic E-state index is 13.1. The van der Waals surface area contributed by atoms with Gasteiger partial charge in [-0.15, -0.1) is 0 Å². The standard InChI is InChI=1S/C16H23N2O6P/c1-6-23-25(20,24-7-2)15-14(19)10-8-12(21-4)13(22-5)9-11(10)18(3)16(15)17/h8-9H,6-7,17H2,1-5H3. The zero-order chi connectivity index (χ0) is 18.8. The molecule has 0 fully saturated rings. The molecule has 1 heterocycles. The molecule has 25 heavy (non-hydrogen) atoms. The van der Waals surface area contributed by atoms with Crippen molar-refractivity contribution in [2.24, 2.45) is 7.05 Å². The number of anilines is 1. The molecule has 8 nitrogen and oxygen atoms in total. The van der Waals surface area contributed by atoms with Crippen molar-refractivity contribution in [2.75, 3.05) is 33.2 Å². The largest absolute Gasteiger partial charge is 0.493 e. The molecule has 1 aromatic carbocycles. The second-order valence-electron chi connectivity index (χ2n) is 5.18. The van der Waals surface area contributed by atoms with Gasteiger partial charge in [-0.2, -0.15) is 0 Å². The quantitative estimate of drug-likeness (QED) is 0.744. The van der Waals surface area contributed by atoms with Gasteiger partial charge in [0.1, 0.15) is 5.82 Å². The average molecular weight is 370 g/mol. The minimum absolute atomic E-state index is 0.0231. The molecule has 0 radical (unpaired) electrons. The monoisotopic (exact) mass is 370 g/mol. The Bertz CT molecular complexity index is 883. The van der Waals surface area contributed by atoms with Crippen LogP contribution >= 0.6 is 7.60 Å². The Balaban J connectivity index is 2.92. The van der Waals surface area contributed by atoms with Gasteiger partial charge >= 0.3 is 7.60 Å². The number of rotatable bonds is 7. The predicted molar refractivity (Wildman–Crippen MR) is 97.2 cm³/mol. The zero-order valence-electron chi connectivity index (χ0n) is 15.0. The topological polar surface area (TPSA) is 102 Å². The van der Waals surface area contributed by atoms with Crippen molar-refractivity contribution in [3.05, 3.63) is 22.4 Å². The molecule has 0 saturated heterocycles. The first-order valence-electron chi connectivity index (χ1n) is 7.78. The molecule has 0 spiro atoms. The highest BCUT2D eigenvalue weighted by atomic mass is 31.2. The molecule has 9 heteroatoms. The zero-order valence-corrected chi connectivity index (χ0v) is 15.9. The third-order valence-corrected chi connectivity index (χ3v) is 5.98. The van der Waals surface area contributed by atoms with Gasteiger partial charge in [0.05, 0.1) is 38.3 Å². The molecule has 138 valence electrons. The number of nitrogen functional groups attached to an aromatic ring is 1. The van der Waals surface area contributed by atoms with E-state index >= 15 is 0 Å². The van der Waals surface area contributed by atoms with Crippen LogP contribution in [0, 0.1) is 0 Å². The molecule has 0 bridgehead atoms. The molecule has 2 rings (SSSR count). The summed E-state index contributed by atoms with van der Waals surface area (Å²) in [6.45, 7) is 3.57. The first kappa shape index (κ1) is 19.3. The molecule has 0 saturated carbocycles. The lowest BCUT2D eigenvalue weighted by atomic mass is 10.1. The van der Waals surface area contributed by atoms with E-state index in [4.69, 9.17) is 24.3 Å². The third kappa shape index (κ3) is 3.25. The van der Waals surface area contributed by atoms with Crippen LogP contribution in [0.4, 0.5) is 5.82 Å². The van der Waals surface area contributed by atoms with Crippen molar-refractivity contribution >= 4 is 29.6 Å². The first-order valence-corrected chi connectivity index (χ1v) is 9.32. The average Bonchev–Trinajstić information content (AvgIpc) is 2.59. The van der Waals surface area contributed by atoms with E-state index in [9.17, 15) is 9.36 Å². The summed E-state index contributed by atoms with van der Waals surface area (Å²) < 4.78 is 35.8. The summed E-state index contributed by atoms with van der Waals surface area (Å²) in [7, 11) is 0.778. The number of hydrogen-bond acceptors (Lipinski definition) is 7. The lowest BCUT2D eigenvalue weighted by molar-refractivity contribution is 0.230. The lowest BCUT2D eigenvalue weighted by Crippen LogP contribution is -2.33. The van der Waals surface area contributed by atoms with Gasteiger partial charge in [-0.3, -0.25) is 9.36 Å². The van der Waals surface area contributed by atoms with Crippen LogP contribution in [0.15, 0.2) is 16.9 Å². The Kier molecular flexibility index (Phi) is 5.77. The van der Waals surface area contributed by atoms with Gasteiger partial charge in [-0.05, 0) is 19.9 Å². The van der Waals surface area contributed by atoms with Gasteiger partial charge in [0.2, 0.25) is 5.43 Å². The predicted octanol–water partition coefficient (Wildman–Crippen LogP) is 2.03. The Morgan fingerprint density at radius 2 is 1.60 bits per heavy atom. The number of aryl methyl sites for hydroxylation is 1. The van der Waals surface area contributed by atoms with E-state index in [2.05, 4.69) is 0 Å². The van der Waals surface area contributed by atoms with E-state index in [0.717, 1.165) is 0 Å². The van der Waals surface area contributed by atoms with Crippen molar-refractivity contribution in [2.45, 2.75) is 13.8 Å². The minimum Gasteiger partial charge on any atom is -0.493 e. The number of hydrogen-bond donors (Lipinski definition) is 1. The normalized spacial score (nSPS) is 11.7. The van der Waals surface area contributed by atoms with E-state index in [-0.39, 0.29) is 29.7 Å². The van der Waals surface area contributed by atoms with E-state index in [1.807, 2.05) is 0 Å². The molecule has 0 aliphatic heterocycles. The van der Waals surface area contributed by atoms with Gasteiger partial charge in [0, 0.05) is 13.1 Å². The Labute approximate surface area is 146 Å². The van der Waals surface area contributed by atoms with Crippen LogP contribution in [-0.4, -0.2) is 32.0 Å². The van der Waals surface area contributed by atoms with Gasteiger partial charge in [-0.25, -0.2) is 0 Å². The molecule has 2 N–H and O–H groups in total. The fourth-order valence-electron chi connectivity index (χ4n) is 2.63. The number of aromatic nitrogens is 1. The van der Waals surface area contributed by atoms with Crippen LogP contribution in [-0.2, 0) is 20.7 Å². The number of fused-ring (bicyclic) bond motifs is 1. The van der Waals surface area contributed by atoms with E-state index in [1.165, 1.54) is 20.3 Å². The number of ether oxygens (including phenoxy) is 2. The van der Waals surface area contributed by atoms with Crippen LogP contribution in [0.5, 0.6) is 11.5 Å². The van der Waals surface area contributed by atoms with E-state index < -0.39 is 13.0 Å². The Morgan fingerprint density at radius 3 is 2.08 bits per heavy atom. The first-order chi connectivity index (χ1) is 11.8. The number of nitrogens with zero attached hydrogens (tertiary/aromatic N) is 1. The van der Waals surface area contributed by atoms with Crippen LogP contribution in [0.3, 0.4) is 0 Å². The Morgan fingerprint density at radius 1 is 1.08 bits per heavy atom. The summed E-state index contributed by atoms with van der Waals surface area (Å²) in [4.78, 5) is 13.0. The maximum Gasteiger partial charge on any atom is 0.368 e. The molecule has 0 aliphatic carbocycles. The summed E-state index contributed by atoms with van der Waals surface area (Å²) >= 11 is 0. The van der Waals surface area contributed by atoms with E-state index in [0.29, 0.717) is 17.0 Å². The summed E-state index contributed by atoms with van der Waals surface area (Å²) in [5.41, 5.74) is 6.12. The highest BCUT2D eigenvalue weighted by Crippen LogP contribution is 2.47. The van der Waals surface area contributed by atoms with Gasteiger partial charge < -0.3 is 28.8 Å². The molecule has 0 amide bonds. The summed E-state index contributed by atoms with van der Waals surface area (Å²) in [6, 6.07) is 3.17.